The zero-order chi connectivity index (χ0) is 17.1. The van der Waals surface area contributed by atoms with E-state index in [1.807, 2.05) is 4.90 Å². The molecule has 132 valence electrons. The fraction of sp³-hybridized carbons (Fsp3) is 0.632. The van der Waals surface area contributed by atoms with Gasteiger partial charge in [0.05, 0.1) is 12.6 Å². The summed E-state index contributed by atoms with van der Waals surface area (Å²) in [6.07, 6.45) is 3.63. The first-order chi connectivity index (χ1) is 11.5. The lowest BCUT2D eigenvalue weighted by molar-refractivity contribution is -0.134. The highest BCUT2D eigenvalue weighted by atomic mass is 19.1. The van der Waals surface area contributed by atoms with Crippen molar-refractivity contribution in [2.45, 2.75) is 44.8 Å². The van der Waals surface area contributed by atoms with E-state index in [4.69, 9.17) is 0 Å². The molecular formula is C19H27FN2O2. The predicted molar refractivity (Wildman–Crippen MR) is 90.9 cm³/mol. The van der Waals surface area contributed by atoms with Crippen molar-refractivity contribution in [3.8, 4) is 0 Å². The van der Waals surface area contributed by atoms with Crippen molar-refractivity contribution in [3.05, 3.63) is 35.6 Å². The molecule has 1 aromatic rings. The molecule has 3 rings (SSSR count). The molecule has 4 nitrogen and oxygen atoms in total. The number of carbonyl (C=O) groups excluding carboxylic acids is 1. The Kier molecular flexibility index (Phi) is 5.51. The number of benzene rings is 1. The van der Waals surface area contributed by atoms with Gasteiger partial charge < -0.3 is 10.0 Å². The van der Waals surface area contributed by atoms with Crippen LogP contribution < -0.4 is 0 Å². The molecule has 0 spiro atoms. The molecular weight excluding hydrogens is 307 g/mol. The Morgan fingerprint density at radius 3 is 2.46 bits per heavy atom. The topological polar surface area (TPSA) is 43.8 Å². The van der Waals surface area contributed by atoms with Crippen LogP contribution in [-0.4, -0.2) is 53.0 Å². The highest BCUT2D eigenvalue weighted by Crippen LogP contribution is 2.29. The number of hydrogen-bond donors (Lipinski definition) is 1. The van der Waals surface area contributed by atoms with Gasteiger partial charge in [-0.15, -0.1) is 0 Å². The number of likely N-dealkylation sites (tertiary alicyclic amines) is 1. The summed E-state index contributed by atoms with van der Waals surface area (Å²) in [6, 6.07) is 6.34. The first kappa shape index (κ1) is 17.4. The number of piperidine rings is 1. The zero-order valence-corrected chi connectivity index (χ0v) is 14.3. The monoisotopic (exact) mass is 334 g/mol. The molecule has 1 N–H and O–H groups in total. The van der Waals surface area contributed by atoms with E-state index in [2.05, 4.69) is 11.8 Å². The third-order valence-corrected chi connectivity index (χ3v) is 5.20. The van der Waals surface area contributed by atoms with E-state index in [0.717, 1.165) is 38.8 Å². The number of hydrogen-bond acceptors (Lipinski definition) is 3. The van der Waals surface area contributed by atoms with Crippen LogP contribution in [0.25, 0.3) is 0 Å². The summed E-state index contributed by atoms with van der Waals surface area (Å²) >= 11 is 0. The molecule has 1 aliphatic heterocycles. The molecule has 1 amide bonds. The number of halogens is 1. The van der Waals surface area contributed by atoms with Crippen LogP contribution in [0.2, 0.25) is 0 Å². The van der Waals surface area contributed by atoms with Gasteiger partial charge in [-0.3, -0.25) is 9.69 Å². The van der Waals surface area contributed by atoms with Gasteiger partial charge in [0.15, 0.2) is 0 Å². The van der Waals surface area contributed by atoms with E-state index in [1.54, 1.807) is 12.1 Å². The highest BCUT2D eigenvalue weighted by Gasteiger charge is 2.33. The molecule has 1 aliphatic carbocycles. The first-order valence-corrected chi connectivity index (χ1v) is 8.98. The Morgan fingerprint density at radius 2 is 1.88 bits per heavy atom. The Bertz CT molecular complexity index is 551. The Hall–Kier alpha value is -1.46. The number of aliphatic hydroxyl groups is 1. The molecule has 0 aromatic heterocycles. The lowest BCUT2D eigenvalue weighted by Gasteiger charge is -2.33. The lowest BCUT2D eigenvalue weighted by atomic mass is 9.99. The summed E-state index contributed by atoms with van der Waals surface area (Å²) in [5.41, 5.74) is 0.696. The van der Waals surface area contributed by atoms with Crippen molar-refractivity contribution < 1.29 is 14.3 Å². The summed E-state index contributed by atoms with van der Waals surface area (Å²) in [7, 11) is 0. The number of rotatable bonds is 6. The average Bonchev–Trinajstić information content (AvgIpc) is 3.40. The van der Waals surface area contributed by atoms with Gasteiger partial charge in [-0.25, -0.2) is 4.39 Å². The van der Waals surface area contributed by atoms with E-state index in [9.17, 15) is 14.3 Å². The summed E-state index contributed by atoms with van der Waals surface area (Å²) in [5, 5.41) is 10.4. The number of aliphatic hydroxyl groups excluding tert-OH is 1. The average molecular weight is 334 g/mol. The van der Waals surface area contributed by atoms with Gasteiger partial charge in [0.1, 0.15) is 5.82 Å². The predicted octanol–water partition coefficient (Wildman–Crippen LogP) is 2.58. The van der Waals surface area contributed by atoms with Crippen molar-refractivity contribution in [2.75, 3.05) is 26.2 Å². The fourth-order valence-corrected chi connectivity index (χ4v) is 3.33. The summed E-state index contributed by atoms with van der Waals surface area (Å²) in [6.45, 7) is 4.72. The maximum absolute atomic E-state index is 13.0. The van der Waals surface area contributed by atoms with E-state index < -0.39 is 6.10 Å². The largest absolute Gasteiger partial charge is 0.387 e. The highest BCUT2D eigenvalue weighted by molar-refractivity contribution is 5.78. The van der Waals surface area contributed by atoms with Crippen molar-refractivity contribution in [1.29, 1.82) is 0 Å². The Morgan fingerprint density at radius 1 is 1.25 bits per heavy atom. The Balaban J connectivity index is 1.56. The second kappa shape index (κ2) is 7.62. The van der Waals surface area contributed by atoms with E-state index in [0.29, 0.717) is 30.6 Å². The molecule has 1 saturated carbocycles. The van der Waals surface area contributed by atoms with Gasteiger partial charge in [0.25, 0.3) is 0 Å². The first-order valence-electron chi connectivity index (χ1n) is 8.98. The summed E-state index contributed by atoms with van der Waals surface area (Å²) in [5.74, 6) is 0.563. The van der Waals surface area contributed by atoms with E-state index in [1.165, 1.54) is 12.1 Å². The minimum Gasteiger partial charge on any atom is -0.387 e. The third-order valence-electron chi connectivity index (χ3n) is 5.20. The lowest BCUT2D eigenvalue weighted by Crippen LogP contribution is -2.45. The fourth-order valence-electron chi connectivity index (χ4n) is 3.33. The molecule has 5 heteroatoms. The molecule has 2 fully saturated rings. The van der Waals surface area contributed by atoms with Crippen LogP contribution in [0.1, 0.15) is 44.3 Å². The minimum absolute atomic E-state index is 0.167. The van der Waals surface area contributed by atoms with Gasteiger partial charge in [-0.05, 0) is 49.3 Å². The molecule has 1 aromatic carbocycles. The van der Waals surface area contributed by atoms with Crippen molar-refractivity contribution in [3.63, 3.8) is 0 Å². The van der Waals surface area contributed by atoms with Crippen molar-refractivity contribution in [1.82, 2.24) is 9.80 Å². The number of amides is 1. The minimum atomic E-state index is -0.694. The SMILES string of the molecule is CC1CCN(C(=O)CN(CC(O)c2ccc(F)cc2)C2CC2)CC1. The smallest absolute Gasteiger partial charge is 0.236 e. The standard InChI is InChI=1S/C19H27FN2O2/c1-14-8-10-21(11-9-14)19(24)13-22(17-6-7-17)12-18(23)15-2-4-16(20)5-3-15/h2-5,14,17-18,23H,6-13H2,1H3. The number of carbonyl (C=O) groups is 1. The van der Waals surface area contributed by atoms with Gasteiger partial charge in [0, 0.05) is 25.7 Å². The van der Waals surface area contributed by atoms with Gasteiger partial charge in [-0.2, -0.15) is 0 Å². The summed E-state index contributed by atoms with van der Waals surface area (Å²) in [4.78, 5) is 16.6. The van der Waals surface area contributed by atoms with Crippen LogP contribution in [0.15, 0.2) is 24.3 Å². The molecule has 1 unspecified atom stereocenters. The van der Waals surface area contributed by atoms with Crippen LogP contribution in [0, 0.1) is 11.7 Å². The second-order valence-corrected chi connectivity index (χ2v) is 7.29. The molecule has 2 aliphatic rings. The normalized spacial score (nSPS) is 20.4. The molecule has 0 radical (unpaired) electrons. The third kappa shape index (κ3) is 4.54. The maximum atomic E-state index is 13.0. The molecule has 1 saturated heterocycles. The molecule has 0 bridgehead atoms. The van der Waals surface area contributed by atoms with Crippen LogP contribution in [0.5, 0.6) is 0 Å². The van der Waals surface area contributed by atoms with E-state index >= 15 is 0 Å². The van der Waals surface area contributed by atoms with Gasteiger partial charge in [0.2, 0.25) is 5.91 Å². The zero-order valence-electron chi connectivity index (χ0n) is 14.3. The molecule has 24 heavy (non-hydrogen) atoms. The number of nitrogens with zero attached hydrogens (tertiary/aromatic N) is 2. The summed E-state index contributed by atoms with van der Waals surface area (Å²) < 4.78 is 13.0. The molecule has 1 heterocycles. The van der Waals surface area contributed by atoms with Gasteiger partial charge >= 0.3 is 0 Å². The van der Waals surface area contributed by atoms with E-state index in [-0.39, 0.29) is 11.7 Å². The van der Waals surface area contributed by atoms with Crippen molar-refractivity contribution in [2.24, 2.45) is 5.92 Å². The quantitative estimate of drug-likeness (QED) is 0.870. The van der Waals surface area contributed by atoms with Crippen LogP contribution >= 0.6 is 0 Å². The Labute approximate surface area is 143 Å². The van der Waals surface area contributed by atoms with Crippen LogP contribution in [-0.2, 0) is 4.79 Å². The van der Waals surface area contributed by atoms with Gasteiger partial charge in [-0.1, -0.05) is 19.1 Å². The van der Waals surface area contributed by atoms with Crippen LogP contribution in [0.4, 0.5) is 4.39 Å². The maximum Gasteiger partial charge on any atom is 0.236 e. The van der Waals surface area contributed by atoms with Crippen molar-refractivity contribution >= 4 is 5.91 Å². The van der Waals surface area contributed by atoms with Crippen LogP contribution in [0.3, 0.4) is 0 Å². The molecule has 1 atom stereocenters. The second-order valence-electron chi connectivity index (χ2n) is 7.29.